The standard InChI is InChI=1S/C30H50F6O3Si2.C24H34F6O3.CH2Cl2/c1-25(2,38-40(5,6)7)17-12-18-26(3,24-16-15-22-23(37)14-11-20-27(22,24)4)19-13-21-28(29(31,32)33,30(34,35)36)39-41(8,9)10;1-19(2,32)11-6-12-20(3,13-7-15-22(33,23(25,26)27)24(28,29)30)18-10-9-16-17(31)8-5-14-21(16,18)4;2-1-3/h22,24H,11-12,14-20H2,1-10H3;16,18,32-33H,5-6,8-14H2,1-4H3;1H2/t22?,24-,26-,27+;16?,18-,20-,21+;/m11./s1. The maximum absolute atomic E-state index is 14.1. The first-order valence-corrected chi connectivity index (χ1v) is 34.5. The van der Waals surface area contributed by atoms with Crippen molar-refractivity contribution >= 4 is 51.4 Å². The smallest absolute Gasteiger partial charge is 0.413 e. The zero-order valence-corrected chi connectivity index (χ0v) is 51.1. The second kappa shape index (κ2) is 25.5. The fourth-order valence-electron chi connectivity index (χ4n) is 13.6. The summed E-state index contributed by atoms with van der Waals surface area (Å²) in [5.74, 6) is 7.05. The molecule has 4 aliphatic rings. The zero-order chi connectivity index (χ0) is 60.1. The maximum Gasteiger partial charge on any atom is 0.438 e. The largest absolute Gasteiger partial charge is 0.438 e. The molecule has 4 rings (SSSR count). The zero-order valence-electron chi connectivity index (χ0n) is 47.6. The molecule has 2 N–H and O–H groups in total. The lowest BCUT2D eigenvalue weighted by Gasteiger charge is -2.48. The normalized spacial score (nSPS) is 26.5. The highest BCUT2D eigenvalue weighted by Crippen LogP contribution is 2.63. The van der Waals surface area contributed by atoms with E-state index >= 15 is 0 Å². The van der Waals surface area contributed by atoms with Gasteiger partial charge in [-0.25, -0.2) is 0 Å². The average molecular weight is 1200 g/mol. The highest BCUT2D eigenvalue weighted by molar-refractivity contribution is 6.70. The van der Waals surface area contributed by atoms with Gasteiger partial charge in [0.1, 0.15) is 11.6 Å². The molecule has 4 fully saturated rings. The summed E-state index contributed by atoms with van der Waals surface area (Å²) in [7, 11) is -5.17. The molecule has 0 radical (unpaired) electrons. The lowest BCUT2D eigenvalue weighted by molar-refractivity contribution is -0.343. The molecule has 4 saturated carbocycles. The van der Waals surface area contributed by atoms with Crippen molar-refractivity contribution in [1.82, 2.24) is 0 Å². The van der Waals surface area contributed by atoms with Gasteiger partial charge in [-0.3, -0.25) is 9.59 Å². The molecule has 0 aromatic heterocycles. The van der Waals surface area contributed by atoms with Crippen molar-refractivity contribution in [1.29, 1.82) is 0 Å². The Labute approximate surface area is 462 Å². The quantitative estimate of drug-likeness (QED) is 0.0692. The van der Waals surface area contributed by atoms with Gasteiger partial charge in [0.15, 0.2) is 16.6 Å². The Bertz CT molecular complexity index is 2080. The SMILES string of the molecule is CC(C)(CCC[C@](C)(CC#CC(O[Si](C)(C)C)(C(F)(F)F)C(F)(F)F)[C@H]1CCC2C(=O)CCC[C@@]21C)O[Si](C)(C)C.CC(C)(O)CCC[C@](C)(CC#CC(O)(C(F)(F)F)C(F)(F)F)[C@H]1CCC2C(=O)CCC[C@@]21C.ClCCl. The minimum atomic E-state index is -5.99. The van der Waals surface area contributed by atoms with E-state index in [9.17, 15) is 72.5 Å². The van der Waals surface area contributed by atoms with Gasteiger partial charge in [-0.05, 0) is 189 Å². The number of ketones is 2. The fourth-order valence-corrected chi connectivity index (χ4v) is 16.6. The van der Waals surface area contributed by atoms with Gasteiger partial charge in [-0.2, -0.15) is 52.7 Å². The van der Waals surface area contributed by atoms with Crippen LogP contribution in [0.4, 0.5) is 52.7 Å². The second-order valence-electron chi connectivity index (χ2n) is 26.5. The molecule has 0 amide bonds. The summed E-state index contributed by atoms with van der Waals surface area (Å²) < 4.78 is 174. The summed E-state index contributed by atoms with van der Waals surface area (Å²) in [6, 6.07) is 0. The van der Waals surface area contributed by atoms with Crippen molar-refractivity contribution in [3.05, 3.63) is 0 Å². The summed E-state index contributed by atoms with van der Waals surface area (Å²) in [6.45, 7) is 25.3. The first-order chi connectivity index (χ1) is 34.4. The molecule has 2 unspecified atom stereocenters. The van der Waals surface area contributed by atoms with Gasteiger partial charge in [0.25, 0.3) is 0 Å². The number of hydrogen-bond donors (Lipinski definition) is 2. The number of hydrogen-bond acceptors (Lipinski definition) is 6. The van der Waals surface area contributed by atoms with Crippen LogP contribution in [0.3, 0.4) is 0 Å². The molecule has 0 aliphatic heterocycles. The number of alkyl halides is 14. The Balaban J connectivity index is 0.000000511. The predicted octanol–water partition coefficient (Wildman–Crippen LogP) is 17.1. The molecule has 0 aromatic carbocycles. The van der Waals surface area contributed by atoms with Crippen molar-refractivity contribution in [3.63, 3.8) is 0 Å². The summed E-state index contributed by atoms with van der Waals surface area (Å²) in [5, 5.41) is 19.7. The molecule has 0 bridgehead atoms. The maximum atomic E-state index is 14.1. The fraction of sp³-hybridized carbons (Fsp3) is 0.891. The lowest BCUT2D eigenvalue weighted by atomic mass is 9.56. The number of fused-ring (bicyclic) bond motifs is 2. The Kier molecular flexibility index (Phi) is 23.7. The van der Waals surface area contributed by atoms with Crippen LogP contribution in [0, 0.1) is 69.0 Å². The topological polar surface area (TPSA) is 93.1 Å². The molecule has 77 heavy (non-hydrogen) atoms. The van der Waals surface area contributed by atoms with Crippen molar-refractivity contribution in [2.24, 2.45) is 45.3 Å². The van der Waals surface area contributed by atoms with Crippen LogP contribution >= 0.6 is 23.2 Å². The highest BCUT2D eigenvalue weighted by atomic mass is 35.5. The average Bonchev–Trinajstić information content (AvgIpc) is 3.76. The van der Waals surface area contributed by atoms with Gasteiger partial charge in [0.05, 0.1) is 16.5 Å². The summed E-state index contributed by atoms with van der Waals surface area (Å²) in [4.78, 5) is 25.3. The summed E-state index contributed by atoms with van der Waals surface area (Å²) in [6.07, 6.45) is -14.0. The first-order valence-electron chi connectivity index (χ1n) is 26.7. The Morgan fingerprint density at radius 2 is 0.909 bits per heavy atom. The van der Waals surface area contributed by atoms with E-state index in [4.69, 9.17) is 32.1 Å². The van der Waals surface area contributed by atoms with Gasteiger partial charge < -0.3 is 19.1 Å². The van der Waals surface area contributed by atoms with Gasteiger partial charge in [-0.15, -0.1) is 23.2 Å². The number of halogens is 14. The van der Waals surface area contributed by atoms with E-state index in [1.807, 2.05) is 33.6 Å². The Morgan fingerprint density at radius 1 is 0.558 bits per heavy atom. The highest BCUT2D eigenvalue weighted by Gasteiger charge is 2.73. The molecule has 6 nitrogen and oxygen atoms in total. The Morgan fingerprint density at radius 3 is 1.23 bits per heavy atom. The van der Waals surface area contributed by atoms with Crippen LogP contribution in [0.2, 0.25) is 39.3 Å². The van der Waals surface area contributed by atoms with Crippen LogP contribution in [0.5, 0.6) is 0 Å². The second-order valence-corrected chi connectivity index (χ2v) is 36.1. The first kappa shape index (κ1) is 71.6. The third kappa shape index (κ3) is 18.2. The minimum Gasteiger partial charge on any atom is -0.413 e. The van der Waals surface area contributed by atoms with Crippen molar-refractivity contribution in [2.45, 2.75) is 257 Å². The number of Topliss-reactive ketones (excluding diaryl/α,β-unsaturated/α-hetero) is 2. The van der Waals surface area contributed by atoms with E-state index in [0.717, 1.165) is 25.2 Å². The monoisotopic (exact) mass is 1200 g/mol. The molecule has 4 aliphatic carbocycles. The number of aliphatic hydroxyl groups is 2. The Hall–Kier alpha value is -1.53. The lowest BCUT2D eigenvalue weighted by Crippen LogP contribution is -2.61. The van der Waals surface area contributed by atoms with E-state index in [-0.39, 0.29) is 58.8 Å². The molecule has 22 heteroatoms. The van der Waals surface area contributed by atoms with Gasteiger partial charge in [0.2, 0.25) is 0 Å². The van der Waals surface area contributed by atoms with Crippen molar-refractivity contribution in [3.8, 4) is 23.7 Å². The number of carbonyl (C=O) groups excluding carboxylic acids is 2. The minimum absolute atomic E-state index is 0.0522. The molecular formula is C55H86Cl2F12O6Si2. The molecule has 0 aromatic rings. The van der Waals surface area contributed by atoms with E-state index in [1.165, 1.54) is 19.6 Å². The molecule has 0 spiro atoms. The van der Waals surface area contributed by atoms with Crippen LogP contribution in [0.25, 0.3) is 0 Å². The molecule has 0 saturated heterocycles. The molecule has 0 heterocycles. The van der Waals surface area contributed by atoms with E-state index in [1.54, 1.807) is 26.7 Å². The number of rotatable bonds is 16. The molecule has 448 valence electrons. The summed E-state index contributed by atoms with van der Waals surface area (Å²) in [5.41, 5.74) is -13.2. The van der Waals surface area contributed by atoms with Crippen molar-refractivity contribution < 1.29 is 81.3 Å². The summed E-state index contributed by atoms with van der Waals surface area (Å²) >= 11 is 9.53. The van der Waals surface area contributed by atoms with Crippen LogP contribution in [-0.4, -0.2) is 90.9 Å². The van der Waals surface area contributed by atoms with Crippen LogP contribution in [0.1, 0.15) is 171 Å². The molecule has 8 atom stereocenters. The van der Waals surface area contributed by atoms with Gasteiger partial charge >= 0.3 is 35.9 Å². The van der Waals surface area contributed by atoms with Crippen molar-refractivity contribution in [2.75, 3.05) is 5.34 Å². The third-order valence-corrected chi connectivity index (χ3v) is 18.7. The van der Waals surface area contributed by atoms with E-state index in [0.29, 0.717) is 83.5 Å². The van der Waals surface area contributed by atoms with Gasteiger partial charge in [0, 0.05) is 37.5 Å². The van der Waals surface area contributed by atoms with Crippen LogP contribution < -0.4 is 0 Å². The van der Waals surface area contributed by atoms with E-state index in [2.05, 4.69) is 32.5 Å². The van der Waals surface area contributed by atoms with Crippen LogP contribution in [-0.2, 0) is 18.4 Å². The van der Waals surface area contributed by atoms with E-state index < -0.39 is 80.0 Å². The third-order valence-electron chi connectivity index (χ3n) is 16.7. The predicted molar refractivity (Wildman–Crippen MR) is 283 cm³/mol. The van der Waals surface area contributed by atoms with Gasteiger partial charge in [-0.1, -0.05) is 52.4 Å². The number of carbonyl (C=O) groups is 2. The molecular weight excluding hydrogens is 1110 g/mol. The van der Waals surface area contributed by atoms with Crippen LogP contribution in [0.15, 0.2) is 0 Å².